The van der Waals surface area contributed by atoms with E-state index in [4.69, 9.17) is 13.8 Å². The molecule has 0 aromatic carbocycles. The highest BCUT2D eigenvalue weighted by Crippen LogP contribution is 2.43. The van der Waals surface area contributed by atoms with Gasteiger partial charge in [-0.05, 0) is 70.3 Å². The molecular formula is C74H136N2O7P+. The van der Waals surface area contributed by atoms with Crippen LogP contribution in [-0.4, -0.2) is 74.3 Å². The number of esters is 1. The molecule has 0 bridgehead atoms. The second kappa shape index (κ2) is 63.2. The maximum Gasteiger partial charge on any atom is 0.472 e. The maximum atomic E-state index is 13.6. The molecule has 3 atom stereocenters. The number of likely N-dealkylation sites (N-methyl/N-ethyl adjacent to an activating group) is 1. The van der Waals surface area contributed by atoms with Crippen LogP contribution in [0.3, 0.4) is 0 Å². The minimum atomic E-state index is -4.47. The lowest BCUT2D eigenvalue weighted by Gasteiger charge is -2.27. The molecule has 0 heterocycles. The van der Waals surface area contributed by atoms with Gasteiger partial charge < -0.3 is 19.4 Å². The van der Waals surface area contributed by atoms with E-state index in [1.807, 2.05) is 39.4 Å². The van der Waals surface area contributed by atoms with Crippen LogP contribution in [0.15, 0.2) is 85.1 Å². The molecule has 0 aliphatic rings. The van der Waals surface area contributed by atoms with Crippen molar-refractivity contribution in [3.8, 4) is 0 Å². The summed E-state index contributed by atoms with van der Waals surface area (Å²) in [6.45, 7) is 6.88. The van der Waals surface area contributed by atoms with Gasteiger partial charge in [0.05, 0.1) is 33.8 Å². The fourth-order valence-electron chi connectivity index (χ4n) is 10.2. The van der Waals surface area contributed by atoms with Crippen molar-refractivity contribution in [1.29, 1.82) is 0 Å². The molecule has 10 heteroatoms. The Hall–Kier alpha value is -2.81. The minimum absolute atomic E-state index is 0.0275. The van der Waals surface area contributed by atoms with Crippen molar-refractivity contribution in [2.45, 2.75) is 335 Å². The first-order chi connectivity index (χ1) is 40.9. The molecule has 0 saturated carbocycles. The quantitative estimate of drug-likeness (QED) is 0.0205. The van der Waals surface area contributed by atoms with Crippen LogP contribution in [-0.2, 0) is 27.9 Å². The van der Waals surface area contributed by atoms with Crippen LogP contribution in [0.25, 0.3) is 0 Å². The van der Waals surface area contributed by atoms with Gasteiger partial charge in [-0.2, -0.15) is 0 Å². The number of carbonyl (C=O) groups is 2. The topological polar surface area (TPSA) is 111 Å². The van der Waals surface area contributed by atoms with E-state index in [-0.39, 0.29) is 25.5 Å². The molecule has 488 valence electrons. The number of unbranched alkanes of at least 4 members (excludes halogenated alkanes) is 36. The van der Waals surface area contributed by atoms with Gasteiger partial charge in [0.2, 0.25) is 5.91 Å². The molecular weight excluding hydrogens is 1060 g/mol. The Morgan fingerprint density at radius 1 is 0.429 bits per heavy atom. The van der Waals surface area contributed by atoms with Gasteiger partial charge in [-0.3, -0.25) is 18.6 Å². The molecule has 84 heavy (non-hydrogen) atoms. The normalized spacial score (nSPS) is 14.0. The summed E-state index contributed by atoms with van der Waals surface area (Å²) in [5.41, 5.74) is 0. The summed E-state index contributed by atoms with van der Waals surface area (Å²) in [6, 6.07) is -0.882. The number of quaternary nitrogens is 1. The lowest BCUT2D eigenvalue weighted by molar-refractivity contribution is -0.870. The fourth-order valence-corrected chi connectivity index (χ4v) is 10.9. The third-order valence-electron chi connectivity index (χ3n) is 15.6. The van der Waals surface area contributed by atoms with E-state index in [0.717, 1.165) is 77.0 Å². The first-order valence-corrected chi connectivity index (χ1v) is 36.9. The highest BCUT2D eigenvalue weighted by Gasteiger charge is 2.30. The van der Waals surface area contributed by atoms with Gasteiger partial charge >= 0.3 is 13.8 Å². The Kier molecular flexibility index (Phi) is 61.1. The van der Waals surface area contributed by atoms with Gasteiger partial charge in [0, 0.05) is 12.8 Å². The number of rotatable bonds is 64. The monoisotopic (exact) mass is 1200 g/mol. The van der Waals surface area contributed by atoms with Gasteiger partial charge in [-0.25, -0.2) is 4.57 Å². The lowest BCUT2D eigenvalue weighted by Crippen LogP contribution is -2.47. The molecule has 0 aliphatic heterocycles. The number of hydrogen-bond donors (Lipinski definition) is 2. The molecule has 9 nitrogen and oxygen atoms in total. The van der Waals surface area contributed by atoms with Crippen molar-refractivity contribution in [1.82, 2.24) is 5.32 Å². The van der Waals surface area contributed by atoms with Crippen molar-refractivity contribution in [3.63, 3.8) is 0 Å². The zero-order valence-electron chi connectivity index (χ0n) is 55.9. The summed E-state index contributed by atoms with van der Waals surface area (Å²) in [5, 5.41) is 3.05. The van der Waals surface area contributed by atoms with E-state index in [2.05, 4.69) is 92.9 Å². The zero-order chi connectivity index (χ0) is 61.4. The SMILES string of the molecule is CC/C=C\C/C=C\C/C=C\C/C=C\C/C=C\C/C=C\CCC(=O)OC(/C=C\CCCCCCCCCCCC)C(COP(=O)(O)OCC[N+](C)(C)C)NC(=O)CCCCCCCCCCCCCCCCCCCCCCCCCCCCC. The van der Waals surface area contributed by atoms with Crippen LogP contribution in [0, 0.1) is 0 Å². The van der Waals surface area contributed by atoms with Crippen molar-refractivity contribution in [3.05, 3.63) is 85.1 Å². The highest BCUT2D eigenvalue weighted by molar-refractivity contribution is 7.47. The number of ether oxygens (including phenoxy) is 1. The first kappa shape index (κ1) is 81.2. The molecule has 3 unspecified atom stereocenters. The third-order valence-corrected chi connectivity index (χ3v) is 16.6. The molecule has 2 N–H and O–H groups in total. The Balaban J connectivity index is 5.09. The Morgan fingerprint density at radius 2 is 0.774 bits per heavy atom. The van der Waals surface area contributed by atoms with Crippen LogP contribution in [0.4, 0.5) is 0 Å². The van der Waals surface area contributed by atoms with Gasteiger partial charge in [0.15, 0.2) is 0 Å². The second-order valence-corrected chi connectivity index (χ2v) is 26.5. The summed E-state index contributed by atoms with van der Waals surface area (Å²) in [6.07, 6.45) is 84.8. The number of hydrogen-bond acceptors (Lipinski definition) is 6. The molecule has 0 radical (unpaired) electrons. The highest BCUT2D eigenvalue weighted by atomic mass is 31.2. The average Bonchev–Trinajstić information content (AvgIpc) is 3.65. The van der Waals surface area contributed by atoms with Gasteiger partial charge in [0.1, 0.15) is 19.3 Å². The molecule has 0 aromatic rings. The summed E-state index contributed by atoms with van der Waals surface area (Å²) >= 11 is 0. The zero-order valence-corrected chi connectivity index (χ0v) is 56.8. The van der Waals surface area contributed by atoms with Crippen molar-refractivity contribution < 1.29 is 37.3 Å². The van der Waals surface area contributed by atoms with Crippen molar-refractivity contribution in [2.24, 2.45) is 0 Å². The van der Waals surface area contributed by atoms with E-state index in [9.17, 15) is 19.0 Å². The summed E-state index contributed by atoms with van der Waals surface area (Å²) < 4.78 is 30.7. The lowest BCUT2D eigenvalue weighted by atomic mass is 10.0. The third kappa shape index (κ3) is 63.7. The molecule has 1 amide bonds. The van der Waals surface area contributed by atoms with Crippen LogP contribution in [0.5, 0.6) is 0 Å². The van der Waals surface area contributed by atoms with Gasteiger partial charge in [0.25, 0.3) is 0 Å². The van der Waals surface area contributed by atoms with E-state index in [1.54, 1.807) is 0 Å². The largest absolute Gasteiger partial charge is 0.472 e. The van der Waals surface area contributed by atoms with Crippen molar-refractivity contribution in [2.75, 3.05) is 40.9 Å². The Bertz CT molecular complexity index is 1710. The Labute approximate surface area is 520 Å². The molecule has 0 aliphatic carbocycles. The van der Waals surface area contributed by atoms with Gasteiger partial charge in [-0.15, -0.1) is 0 Å². The van der Waals surface area contributed by atoms with Gasteiger partial charge in [-0.1, -0.05) is 324 Å². The number of amides is 1. The number of nitrogens with one attached hydrogen (secondary N) is 1. The number of phosphoric acid groups is 1. The summed E-state index contributed by atoms with van der Waals surface area (Å²) in [5.74, 6) is -0.594. The minimum Gasteiger partial charge on any atom is -0.456 e. The smallest absolute Gasteiger partial charge is 0.456 e. The number of phosphoric ester groups is 1. The standard InChI is InChI=1S/C74H135N2O7P/c1-7-10-13-16-19-22-25-28-30-32-34-35-36-37-38-39-40-41-43-44-46-48-51-54-57-60-63-66-73(77)75-71(70-82-84(79,80)81-69-68-76(4,5)6)72(65-62-59-56-53-50-27-24-21-18-15-12-9-3)83-74(78)67-64-61-58-55-52-49-47-45-42-33-31-29-26-23-20-17-14-11-8-2/h11,14,20,23,29,31,42,45,49,52,58,61-62,65,71-72H,7-10,12-13,15-19,21-22,24-28,30,32-41,43-44,46-48,50-51,53-57,59-60,63-64,66-70H2,1-6H3,(H-,75,77,79,80)/p+1/b14-11-,23-20-,31-29-,45-42-,52-49-,61-58-,65-62-. The predicted octanol–water partition coefficient (Wildman–Crippen LogP) is 22.5. The summed E-state index contributed by atoms with van der Waals surface area (Å²) in [7, 11) is 1.46. The predicted molar refractivity (Wildman–Crippen MR) is 364 cm³/mol. The van der Waals surface area contributed by atoms with Crippen LogP contribution in [0.1, 0.15) is 323 Å². The number of nitrogens with zero attached hydrogens (tertiary/aromatic N) is 1. The summed E-state index contributed by atoms with van der Waals surface area (Å²) in [4.78, 5) is 37.8. The first-order valence-electron chi connectivity index (χ1n) is 35.4. The fraction of sp³-hybridized carbons (Fsp3) is 0.784. The molecule has 0 spiro atoms. The van der Waals surface area contributed by atoms with Crippen molar-refractivity contribution >= 4 is 19.7 Å². The van der Waals surface area contributed by atoms with E-state index in [1.165, 1.54) is 205 Å². The second-order valence-electron chi connectivity index (χ2n) is 25.0. The Morgan fingerprint density at radius 3 is 1.14 bits per heavy atom. The molecule has 0 saturated heterocycles. The maximum absolute atomic E-state index is 13.6. The molecule has 0 fully saturated rings. The van der Waals surface area contributed by atoms with Crippen LogP contribution >= 0.6 is 7.82 Å². The average molecular weight is 1200 g/mol. The molecule has 0 rings (SSSR count). The van der Waals surface area contributed by atoms with E-state index in [0.29, 0.717) is 23.9 Å². The van der Waals surface area contributed by atoms with Crippen LogP contribution < -0.4 is 5.32 Å². The molecule has 0 aromatic heterocycles. The van der Waals surface area contributed by atoms with Crippen LogP contribution in [0.2, 0.25) is 0 Å². The van der Waals surface area contributed by atoms with E-state index < -0.39 is 25.9 Å². The number of carbonyl (C=O) groups excluding carboxylic acids is 2. The number of allylic oxidation sites excluding steroid dienone is 13. The van der Waals surface area contributed by atoms with E-state index >= 15 is 0 Å².